The van der Waals surface area contributed by atoms with Gasteiger partial charge in [0.1, 0.15) is 0 Å². The number of aromatic nitrogens is 1. The fraction of sp³-hybridized carbons (Fsp3) is 0.250. The standard InChI is InChI=1S/C24H26N4O/c1-19-7-6-10-22(15-19)27-11-13-28(14-12-27)23-16-20(17-25-18-23)24(29)26(2)21-8-4-3-5-9-21/h3-10,15-18H,11-14H2,1-2H3. The van der Waals surface area contributed by atoms with Crippen LogP contribution in [-0.4, -0.2) is 44.1 Å². The van der Waals surface area contributed by atoms with Crippen LogP contribution < -0.4 is 14.7 Å². The van der Waals surface area contributed by atoms with Gasteiger partial charge in [-0.25, -0.2) is 0 Å². The van der Waals surface area contributed by atoms with Gasteiger partial charge in [-0.2, -0.15) is 0 Å². The number of carbonyl (C=O) groups is 1. The number of piperazine rings is 1. The third kappa shape index (κ3) is 4.24. The number of anilines is 3. The van der Waals surface area contributed by atoms with Crippen LogP contribution in [0, 0.1) is 6.92 Å². The van der Waals surface area contributed by atoms with Gasteiger partial charge in [-0.3, -0.25) is 9.78 Å². The number of benzene rings is 2. The molecule has 4 rings (SSSR count). The summed E-state index contributed by atoms with van der Waals surface area (Å²) in [5.74, 6) is -0.0519. The predicted molar refractivity (Wildman–Crippen MR) is 119 cm³/mol. The van der Waals surface area contributed by atoms with E-state index in [-0.39, 0.29) is 5.91 Å². The average Bonchev–Trinajstić information content (AvgIpc) is 2.79. The Kier molecular flexibility index (Phi) is 5.47. The van der Waals surface area contributed by atoms with Crippen LogP contribution >= 0.6 is 0 Å². The van der Waals surface area contributed by atoms with E-state index in [2.05, 4.69) is 46.0 Å². The molecule has 1 aromatic heterocycles. The quantitative estimate of drug-likeness (QED) is 0.680. The van der Waals surface area contributed by atoms with Crippen molar-refractivity contribution in [2.24, 2.45) is 0 Å². The van der Waals surface area contributed by atoms with Crippen molar-refractivity contribution in [2.75, 3.05) is 47.9 Å². The van der Waals surface area contributed by atoms with Crippen molar-refractivity contribution in [3.05, 3.63) is 84.2 Å². The van der Waals surface area contributed by atoms with Crippen molar-refractivity contribution >= 4 is 23.0 Å². The first-order valence-electron chi connectivity index (χ1n) is 9.96. The highest BCUT2D eigenvalue weighted by atomic mass is 16.2. The monoisotopic (exact) mass is 386 g/mol. The molecule has 0 radical (unpaired) electrons. The molecule has 2 heterocycles. The first-order chi connectivity index (χ1) is 14.1. The van der Waals surface area contributed by atoms with E-state index in [1.54, 1.807) is 18.1 Å². The number of aryl methyl sites for hydroxylation is 1. The van der Waals surface area contributed by atoms with Crippen LogP contribution in [0.2, 0.25) is 0 Å². The zero-order chi connectivity index (χ0) is 20.2. The fourth-order valence-electron chi connectivity index (χ4n) is 3.73. The summed E-state index contributed by atoms with van der Waals surface area (Å²) in [6.07, 6.45) is 3.50. The van der Waals surface area contributed by atoms with E-state index < -0.39 is 0 Å². The molecule has 1 fully saturated rings. The first-order valence-corrected chi connectivity index (χ1v) is 9.96. The van der Waals surface area contributed by atoms with Gasteiger partial charge in [-0.15, -0.1) is 0 Å². The smallest absolute Gasteiger partial charge is 0.259 e. The molecule has 148 valence electrons. The number of amides is 1. The molecule has 1 saturated heterocycles. The lowest BCUT2D eigenvalue weighted by Crippen LogP contribution is -2.46. The Balaban J connectivity index is 1.45. The Bertz CT molecular complexity index is 981. The van der Waals surface area contributed by atoms with E-state index >= 15 is 0 Å². The topological polar surface area (TPSA) is 39.7 Å². The van der Waals surface area contributed by atoms with E-state index in [1.165, 1.54) is 11.3 Å². The number of carbonyl (C=O) groups excluding carboxylic acids is 1. The summed E-state index contributed by atoms with van der Waals surface area (Å²) in [5, 5.41) is 0. The maximum atomic E-state index is 12.9. The van der Waals surface area contributed by atoms with Crippen LogP contribution in [0.15, 0.2) is 73.1 Å². The Morgan fingerprint density at radius 3 is 2.24 bits per heavy atom. The molecule has 5 heteroatoms. The lowest BCUT2D eigenvalue weighted by atomic mass is 10.1. The molecule has 29 heavy (non-hydrogen) atoms. The predicted octanol–water partition coefficient (Wildman–Crippen LogP) is 3.99. The lowest BCUT2D eigenvalue weighted by molar-refractivity contribution is 0.0992. The minimum atomic E-state index is -0.0519. The van der Waals surface area contributed by atoms with Crippen molar-refractivity contribution < 1.29 is 4.79 Å². The Morgan fingerprint density at radius 2 is 1.55 bits per heavy atom. The van der Waals surface area contributed by atoms with Crippen molar-refractivity contribution in [1.82, 2.24) is 4.98 Å². The number of para-hydroxylation sites is 1. The largest absolute Gasteiger partial charge is 0.368 e. The molecule has 0 spiro atoms. The average molecular weight is 386 g/mol. The molecule has 2 aromatic carbocycles. The van der Waals surface area contributed by atoms with Gasteiger partial charge in [0.05, 0.1) is 17.4 Å². The highest BCUT2D eigenvalue weighted by molar-refractivity contribution is 6.06. The second-order valence-electron chi connectivity index (χ2n) is 7.44. The number of hydrogen-bond acceptors (Lipinski definition) is 4. The summed E-state index contributed by atoms with van der Waals surface area (Å²) in [6.45, 7) is 5.83. The normalized spacial score (nSPS) is 14.0. The van der Waals surface area contributed by atoms with Crippen LogP contribution in [0.5, 0.6) is 0 Å². The van der Waals surface area contributed by atoms with E-state index in [0.717, 1.165) is 37.6 Å². The maximum absolute atomic E-state index is 12.9. The summed E-state index contributed by atoms with van der Waals surface area (Å²) in [7, 11) is 1.80. The van der Waals surface area contributed by atoms with Crippen molar-refractivity contribution in [3.8, 4) is 0 Å². The van der Waals surface area contributed by atoms with Crippen LogP contribution in [0.25, 0.3) is 0 Å². The fourth-order valence-corrected chi connectivity index (χ4v) is 3.73. The molecule has 5 nitrogen and oxygen atoms in total. The minimum absolute atomic E-state index is 0.0519. The molecule has 0 aliphatic carbocycles. The van der Waals surface area contributed by atoms with Gasteiger partial charge in [0.25, 0.3) is 5.91 Å². The summed E-state index contributed by atoms with van der Waals surface area (Å²) >= 11 is 0. The summed E-state index contributed by atoms with van der Waals surface area (Å²) < 4.78 is 0. The number of rotatable bonds is 4. The van der Waals surface area contributed by atoms with Crippen LogP contribution in [0.4, 0.5) is 17.1 Å². The van der Waals surface area contributed by atoms with E-state index in [0.29, 0.717) is 5.56 Å². The van der Waals surface area contributed by atoms with Gasteiger partial charge >= 0.3 is 0 Å². The lowest BCUT2D eigenvalue weighted by Gasteiger charge is -2.37. The third-order valence-corrected chi connectivity index (χ3v) is 5.43. The Hall–Kier alpha value is -3.34. The van der Waals surface area contributed by atoms with Crippen LogP contribution in [0.3, 0.4) is 0 Å². The van der Waals surface area contributed by atoms with Crippen molar-refractivity contribution in [1.29, 1.82) is 0 Å². The molecule has 0 saturated carbocycles. The summed E-state index contributed by atoms with van der Waals surface area (Å²) in [4.78, 5) is 23.6. The van der Waals surface area contributed by atoms with Gasteiger partial charge in [-0.05, 0) is 42.8 Å². The molecule has 1 aliphatic heterocycles. The van der Waals surface area contributed by atoms with Gasteiger partial charge in [0.15, 0.2) is 0 Å². The van der Waals surface area contributed by atoms with E-state index in [1.807, 2.05) is 42.6 Å². The Morgan fingerprint density at radius 1 is 0.862 bits per heavy atom. The van der Waals surface area contributed by atoms with Gasteiger partial charge in [-0.1, -0.05) is 30.3 Å². The molecule has 3 aromatic rings. The maximum Gasteiger partial charge on any atom is 0.259 e. The molecular weight excluding hydrogens is 360 g/mol. The second kappa shape index (κ2) is 8.35. The van der Waals surface area contributed by atoms with Gasteiger partial charge < -0.3 is 14.7 Å². The van der Waals surface area contributed by atoms with E-state index in [4.69, 9.17) is 0 Å². The highest BCUT2D eigenvalue weighted by Gasteiger charge is 2.20. The zero-order valence-corrected chi connectivity index (χ0v) is 17.0. The van der Waals surface area contributed by atoms with Crippen LogP contribution in [0.1, 0.15) is 15.9 Å². The third-order valence-electron chi connectivity index (χ3n) is 5.43. The minimum Gasteiger partial charge on any atom is -0.368 e. The molecule has 0 unspecified atom stereocenters. The number of pyridine rings is 1. The van der Waals surface area contributed by atoms with E-state index in [9.17, 15) is 4.79 Å². The molecule has 0 bridgehead atoms. The Labute approximate surface area is 172 Å². The zero-order valence-electron chi connectivity index (χ0n) is 17.0. The van der Waals surface area contributed by atoms with Gasteiger partial charge in [0.2, 0.25) is 0 Å². The molecule has 1 amide bonds. The molecular formula is C24H26N4O. The first kappa shape index (κ1) is 19.0. The van der Waals surface area contributed by atoms with Crippen LogP contribution in [-0.2, 0) is 0 Å². The number of hydrogen-bond donors (Lipinski definition) is 0. The summed E-state index contributed by atoms with van der Waals surface area (Å²) in [5.41, 5.74) is 5.03. The number of nitrogens with zero attached hydrogens (tertiary/aromatic N) is 4. The van der Waals surface area contributed by atoms with Crippen molar-refractivity contribution in [2.45, 2.75) is 6.92 Å². The molecule has 1 aliphatic rings. The summed E-state index contributed by atoms with van der Waals surface area (Å²) in [6, 6.07) is 20.3. The second-order valence-corrected chi connectivity index (χ2v) is 7.44. The highest BCUT2D eigenvalue weighted by Crippen LogP contribution is 2.22. The SMILES string of the molecule is Cc1cccc(N2CCN(c3cncc(C(=O)N(C)c4ccccc4)c3)CC2)c1. The molecule has 0 atom stereocenters. The van der Waals surface area contributed by atoms with Gasteiger partial charge in [0, 0.05) is 50.8 Å². The molecule has 0 N–H and O–H groups in total. The van der Waals surface area contributed by atoms with Crippen molar-refractivity contribution in [3.63, 3.8) is 0 Å².